The Labute approximate surface area is 103 Å². The molecule has 1 aliphatic rings. The summed E-state index contributed by atoms with van der Waals surface area (Å²) in [6.45, 7) is 2.15. The third kappa shape index (κ3) is 3.06. The molecular formula is C12H21N5. The first-order valence-corrected chi connectivity index (χ1v) is 6.11. The van der Waals surface area contributed by atoms with Crippen molar-refractivity contribution in [2.45, 2.75) is 18.9 Å². The van der Waals surface area contributed by atoms with Crippen LogP contribution in [0.5, 0.6) is 0 Å². The van der Waals surface area contributed by atoms with Crippen molar-refractivity contribution in [1.29, 1.82) is 0 Å². The molecule has 0 saturated carbocycles. The maximum atomic E-state index is 4.53. The highest BCUT2D eigenvalue weighted by Crippen LogP contribution is 2.14. The van der Waals surface area contributed by atoms with Crippen LogP contribution >= 0.6 is 0 Å². The summed E-state index contributed by atoms with van der Waals surface area (Å²) in [5.41, 5.74) is 0. The normalized spacial score (nSPS) is 19.4. The summed E-state index contributed by atoms with van der Waals surface area (Å²) < 4.78 is 0. The highest BCUT2D eigenvalue weighted by Gasteiger charge is 2.16. The molecule has 1 saturated heterocycles. The zero-order chi connectivity index (χ0) is 12.3. The van der Waals surface area contributed by atoms with Gasteiger partial charge in [-0.3, -0.25) is 0 Å². The van der Waals surface area contributed by atoms with Crippen molar-refractivity contribution in [2.24, 2.45) is 0 Å². The molecule has 2 rings (SSSR count). The number of hydrogen-bond acceptors (Lipinski definition) is 5. The van der Waals surface area contributed by atoms with Gasteiger partial charge in [0.1, 0.15) is 5.82 Å². The van der Waals surface area contributed by atoms with Gasteiger partial charge in [-0.2, -0.15) is 4.98 Å². The second kappa shape index (κ2) is 5.31. The van der Waals surface area contributed by atoms with Crippen LogP contribution in [-0.2, 0) is 0 Å². The standard InChI is InChI=1S/C12H21N5/c1-16(2)12-14-8-6-11(15-12)17(3)9-10-5-4-7-13-10/h6,8,10,13H,4-5,7,9H2,1-3H3. The molecule has 1 aliphatic heterocycles. The average Bonchev–Trinajstić information content (AvgIpc) is 2.82. The molecule has 2 heterocycles. The fourth-order valence-corrected chi connectivity index (χ4v) is 2.10. The summed E-state index contributed by atoms with van der Waals surface area (Å²) in [6, 6.07) is 2.56. The molecule has 0 spiro atoms. The molecule has 0 aromatic carbocycles. The van der Waals surface area contributed by atoms with E-state index >= 15 is 0 Å². The van der Waals surface area contributed by atoms with Crippen LogP contribution in [0.15, 0.2) is 12.3 Å². The maximum Gasteiger partial charge on any atom is 0.226 e. The van der Waals surface area contributed by atoms with Crippen molar-refractivity contribution >= 4 is 11.8 Å². The summed E-state index contributed by atoms with van der Waals surface area (Å²) in [6.07, 6.45) is 4.36. The Morgan fingerprint density at radius 2 is 2.24 bits per heavy atom. The van der Waals surface area contributed by atoms with Gasteiger partial charge in [0, 0.05) is 39.9 Å². The second-order valence-corrected chi connectivity index (χ2v) is 4.78. The van der Waals surface area contributed by atoms with E-state index in [-0.39, 0.29) is 0 Å². The van der Waals surface area contributed by atoms with Gasteiger partial charge in [-0.25, -0.2) is 4.98 Å². The van der Waals surface area contributed by atoms with E-state index < -0.39 is 0 Å². The number of nitrogens with zero attached hydrogens (tertiary/aromatic N) is 4. The summed E-state index contributed by atoms with van der Waals surface area (Å²) in [7, 11) is 6.00. The Morgan fingerprint density at radius 1 is 1.41 bits per heavy atom. The Morgan fingerprint density at radius 3 is 2.88 bits per heavy atom. The minimum absolute atomic E-state index is 0.595. The topological polar surface area (TPSA) is 44.3 Å². The fraction of sp³-hybridized carbons (Fsp3) is 0.667. The fourth-order valence-electron chi connectivity index (χ4n) is 2.10. The predicted octanol–water partition coefficient (Wildman–Crippen LogP) is 0.731. The van der Waals surface area contributed by atoms with Crippen LogP contribution in [0.4, 0.5) is 11.8 Å². The molecule has 0 radical (unpaired) electrons. The monoisotopic (exact) mass is 235 g/mol. The molecule has 0 bridgehead atoms. The molecule has 17 heavy (non-hydrogen) atoms. The Bertz CT molecular complexity index is 360. The van der Waals surface area contributed by atoms with Crippen LogP contribution in [0.25, 0.3) is 0 Å². The van der Waals surface area contributed by atoms with Gasteiger partial charge in [0.25, 0.3) is 0 Å². The van der Waals surface area contributed by atoms with E-state index in [1.54, 1.807) is 0 Å². The van der Waals surface area contributed by atoms with Crippen LogP contribution in [0, 0.1) is 0 Å². The first-order valence-electron chi connectivity index (χ1n) is 6.11. The zero-order valence-electron chi connectivity index (χ0n) is 10.8. The summed E-state index contributed by atoms with van der Waals surface area (Å²) in [5, 5.41) is 3.50. The second-order valence-electron chi connectivity index (χ2n) is 4.78. The minimum atomic E-state index is 0.595. The average molecular weight is 235 g/mol. The first-order chi connectivity index (χ1) is 8.16. The number of rotatable bonds is 4. The van der Waals surface area contributed by atoms with Gasteiger partial charge < -0.3 is 15.1 Å². The molecule has 5 nitrogen and oxygen atoms in total. The van der Waals surface area contributed by atoms with Crippen LogP contribution in [0.1, 0.15) is 12.8 Å². The van der Waals surface area contributed by atoms with Gasteiger partial charge in [-0.1, -0.05) is 0 Å². The summed E-state index contributed by atoms with van der Waals surface area (Å²) in [5.74, 6) is 1.74. The van der Waals surface area contributed by atoms with Crippen LogP contribution in [0.2, 0.25) is 0 Å². The lowest BCUT2D eigenvalue weighted by molar-refractivity contribution is 0.597. The van der Waals surface area contributed by atoms with Crippen LogP contribution in [0.3, 0.4) is 0 Å². The van der Waals surface area contributed by atoms with Crippen molar-refractivity contribution in [3.05, 3.63) is 12.3 Å². The Kier molecular flexibility index (Phi) is 3.78. The SMILES string of the molecule is CN(C)c1nccc(N(C)CC2CCCN2)n1. The molecule has 1 unspecified atom stereocenters. The number of aromatic nitrogens is 2. The first kappa shape index (κ1) is 12.1. The van der Waals surface area contributed by atoms with Crippen molar-refractivity contribution in [3.63, 3.8) is 0 Å². The van der Waals surface area contributed by atoms with E-state index in [0.717, 1.165) is 24.9 Å². The van der Waals surface area contributed by atoms with E-state index in [4.69, 9.17) is 0 Å². The van der Waals surface area contributed by atoms with E-state index in [2.05, 4.69) is 27.2 Å². The smallest absolute Gasteiger partial charge is 0.226 e. The van der Waals surface area contributed by atoms with Gasteiger partial charge in [0.05, 0.1) is 0 Å². The lowest BCUT2D eigenvalue weighted by Gasteiger charge is -2.23. The summed E-state index contributed by atoms with van der Waals surface area (Å²) >= 11 is 0. The Hall–Kier alpha value is -1.36. The largest absolute Gasteiger partial charge is 0.358 e. The highest BCUT2D eigenvalue weighted by molar-refractivity contribution is 5.42. The maximum absolute atomic E-state index is 4.53. The van der Waals surface area contributed by atoms with Gasteiger partial charge in [-0.15, -0.1) is 0 Å². The molecule has 94 valence electrons. The molecule has 1 aromatic rings. The Balaban J connectivity index is 2.02. The van der Waals surface area contributed by atoms with Gasteiger partial charge in [-0.05, 0) is 25.5 Å². The molecular weight excluding hydrogens is 214 g/mol. The van der Waals surface area contributed by atoms with E-state index in [1.807, 2.05) is 31.3 Å². The predicted molar refractivity (Wildman–Crippen MR) is 70.7 cm³/mol. The lowest BCUT2D eigenvalue weighted by atomic mass is 10.2. The van der Waals surface area contributed by atoms with E-state index in [0.29, 0.717) is 6.04 Å². The number of likely N-dealkylation sites (N-methyl/N-ethyl adjacent to an activating group) is 1. The molecule has 1 fully saturated rings. The van der Waals surface area contributed by atoms with Gasteiger partial charge in [0.2, 0.25) is 5.95 Å². The number of anilines is 2. The van der Waals surface area contributed by atoms with Crippen molar-refractivity contribution < 1.29 is 0 Å². The minimum Gasteiger partial charge on any atom is -0.358 e. The highest BCUT2D eigenvalue weighted by atomic mass is 15.3. The quantitative estimate of drug-likeness (QED) is 0.833. The van der Waals surface area contributed by atoms with Crippen LogP contribution in [-0.4, -0.2) is 50.2 Å². The molecule has 1 atom stereocenters. The van der Waals surface area contributed by atoms with E-state index in [9.17, 15) is 0 Å². The molecule has 0 aliphatic carbocycles. The molecule has 1 N–H and O–H groups in total. The third-order valence-corrected chi connectivity index (χ3v) is 3.08. The van der Waals surface area contributed by atoms with Crippen LogP contribution < -0.4 is 15.1 Å². The van der Waals surface area contributed by atoms with Crippen molar-refractivity contribution in [1.82, 2.24) is 15.3 Å². The van der Waals surface area contributed by atoms with Crippen molar-refractivity contribution in [3.8, 4) is 0 Å². The molecule has 0 amide bonds. The van der Waals surface area contributed by atoms with E-state index in [1.165, 1.54) is 12.8 Å². The zero-order valence-corrected chi connectivity index (χ0v) is 10.8. The lowest BCUT2D eigenvalue weighted by Crippen LogP contribution is -2.35. The summed E-state index contributed by atoms with van der Waals surface area (Å²) in [4.78, 5) is 12.9. The van der Waals surface area contributed by atoms with Gasteiger partial charge >= 0.3 is 0 Å². The molecule has 5 heteroatoms. The number of nitrogens with one attached hydrogen (secondary N) is 1. The van der Waals surface area contributed by atoms with Gasteiger partial charge in [0.15, 0.2) is 0 Å². The number of hydrogen-bond donors (Lipinski definition) is 1. The molecule has 1 aromatic heterocycles. The third-order valence-electron chi connectivity index (χ3n) is 3.08. The van der Waals surface area contributed by atoms with Crippen molar-refractivity contribution in [2.75, 3.05) is 44.0 Å².